The number of rotatable bonds is 4. The van der Waals surface area contributed by atoms with Gasteiger partial charge in [0.1, 0.15) is 0 Å². The Morgan fingerprint density at radius 1 is 1.32 bits per heavy atom. The van der Waals surface area contributed by atoms with Crippen LogP contribution in [0.1, 0.15) is 39.7 Å². The third-order valence-corrected chi connectivity index (χ3v) is 5.64. The van der Waals surface area contributed by atoms with E-state index in [0.29, 0.717) is 15.8 Å². The molecule has 1 amide bonds. The van der Waals surface area contributed by atoms with Crippen LogP contribution in [0.15, 0.2) is 46.0 Å². The molecule has 0 unspecified atom stereocenters. The Labute approximate surface area is 162 Å². The van der Waals surface area contributed by atoms with E-state index in [1.165, 1.54) is 11.3 Å². The summed E-state index contributed by atoms with van der Waals surface area (Å²) in [5.41, 5.74) is 5.00. The largest absolute Gasteiger partial charge is 0.272 e. The van der Waals surface area contributed by atoms with Crippen LogP contribution in [0.5, 0.6) is 0 Å². The van der Waals surface area contributed by atoms with E-state index in [0.717, 1.165) is 38.8 Å². The van der Waals surface area contributed by atoms with Crippen molar-refractivity contribution in [3.05, 3.63) is 61.3 Å². The molecule has 2 heterocycles. The van der Waals surface area contributed by atoms with Crippen molar-refractivity contribution in [1.29, 1.82) is 0 Å². The van der Waals surface area contributed by atoms with Crippen molar-refractivity contribution < 1.29 is 4.79 Å². The van der Waals surface area contributed by atoms with Gasteiger partial charge in [-0.15, -0.1) is 11.3 Å². The number of hydrogen-bond acceptors (Lipinski definition) is 4. The average molecular weight is 435 g/mol. The maximum Gasteiger partial charge on any atom is 0.272 e. The molecule has 1 fully saturated rings. The fraction of sp³-hybridized carbons (Fsp3) is 0.167. The van der Waals surface area contributed by atoms with Gasteiger partial charge in [-0.2, -0.15) is 5.10 Å². The lowest BCUT2D eigenvalue weighted by Crippen LogP contribution is -2.18. The minimum atomic E-state index is -0.244. The highest BCUT2D eigenvalue weighted by molar-refractivity contribution is 9.10. The number of fused-ring (bicyclic) bond motifs is 1. The lowest BCUT2D eigenvalue weighted by molar-refractivity contribution is 0.0956. The van der Waals surface area contributed by atoms with Gasteiger partial charge in [-0.3, -0.25) is 9.78 Å². The number of pyridine rings is 1. The van der Waals surface area contributed by atoms with Gasteiger partial charge in [-0.25, -0.2) is 5.43 Å². The fourth-order valence-electron chi connectivity index (χ4n) is 2.61. The minimum Gasteiger partial charge on any atom is -0.267 e. The summed E-state index contributed by atoms with van der Waals surface area (Å²) in [6, 6.07) is 11.3. The first-order valence-electron chi connectivity index (χ1n) is 7.79. The fourth-order valence-corrected chi connectivity index (χ4v) is 3.90. The van der Waals surface area contributed by atoms with Crippen molar-refractivity contribution >= 4 is 61.9 Å². The smallest absolute Gasteiger partial charge is 0.267 e. The van der Waals surface area contributed by atoms with E-state index in [9.17, 15) is 4.79 Å². The first-order valence-corrected chi connectivity index (χ1v) is 9.78. The molecule has 1 N–H and O–H groups in total. The second kappa shape index (κ2) is 6.86. The van der Waals surface area contributed by atoms with E-state index in [4.69, 9.17) is 16.6 Å². The van der Waals surface area contributed by atoms with E-state index in [2.05, 4.69) is 26.5 Å². The van der Waals surface area contributed by atoms with Crippen molar-refractivity contribution in [2.45, 2.75) is 18.8 Å². The highest BCUT2D eigenvalue weighted by Gasteiger charge is 2.27. The molecule has 0 saturated heterocycles. The molecule has 2 aromatic heterocycles. The number of aromatic nitrogens is 1. The quantitative estimate of drug-likeness (QED) is 0.444. The van der Waals surface area contributed by atoms with Crippen LogP contribution in [0.2, 0.25) is 4.34 Å². The molecule has 1 saturated carbocycles. The molecule has 0 bridgehead atoms. The maximum atomic E-state index is 12.7. The second-order valence-electron chi connectivity index (χ2n) is 5.87. The molecule has 126 valence electrons. The predicted octanol–water partition coefficient (Wildman–Crippen LogP) is 5.35. The monoisotopic (exact) mass is 433 g/mol. The Balaban J connectivity index is 1.65. The van der Waals surface area contributed by atoms with E-state index in [1.807, 2.05) is 30.3 Å². The Morgan fingerprint density at radius 2 is 2.16 bits per heavy atom. The number of nitrogens with one attached hydrogen (secondary N) is 1. The maximum absolute atomic E-state index is 12.7. The van der Waals surface area contributed by atoms with Crippen LogP contribution in [-0.2, 0) is 0 Å². The van der Waals surface area contributed by atoms with Gasteiger partial charge < -0.3 is 0 Å². The predicted molar refractivity (Wildman–Crippen MR) is 106 cm³/mol. The number of hydrazone groups is 1. The highest BCUT2D eigenvalue weighted by atomic mass is 79.9. The third-order valence-electron chi connectivity index (χ3n) is 3.98. The summed E-state index contributed by atoms with van der Waals surface area (Å²) < 4.78 is 1.60. The van der Waals surface area contributed by atoms with Gasteiger partial charge in [-0.1, -0.05) is 27.5 Å². The van der Waals surface area contributed by atoms with E-state index in [1.54, 1.807) is 12.3 Å². The molecule has 1 aliphatic carbocycles. The molecule has 0 radical (unpaired) electrons. The van der Waals surface area contributed by atoms with E-state index in [-0.39, 0.29) is 5.91 Å². The molecule has 4 rings (SSSR count). The van der Waals surface area contributed by atoms with E-state index < -0.39 is 0 Å². The van der Waals surface area contributed by atoms with Gasteiger partial charge in [0.05, 0.1) is 21.6 Å². The van der Waals surface area contributed by atoms with Crippen molar-refractivity contribution in [3.8, 4) is 0 Å². The summed E-state index contributed by atoms with van der Waals surface area (Å²) in [6.45, 7) is 0. The Bertz CT molecular complexity index is 997. The van der Waals surface area contributed by atoms with Crippen molar-refractivity contribution in [3.63, 3.8) is 0 Å². The molecule has 7 heteroatoms. The lowest BCUT2D eigenvalue weighted by Gasteiger charge is -2.08. The van der Waals surface area contributed by atoms with Crippen molar-refractivity contribution in [2.24, 2.45) is 5.10 Å². The van der Waals surface area contributed by atoms with Crippen LogP contribution >= 0.6 is 38.9 Å². The van der Waals surface area contributed by atoms with Gasteiger partial charge in [0.15, 0.2) is 0 Å². The molecule has 25 heavy (non-hydrogen) atoms. The summed E-state index contributed by atoms with van der Waals surface area (Å²) in [4.78, 5) is 18.3. The number of hydrogen-bond donors (Lipinski definition) is 1. The topological polar surface area (TPSA) is 54.4 Å². The zero-order valence-electron chi connectivity index (χ0n) is 13.0. The van der Waals surface area contributed by atoms with Crippen LogP contribution in [0.3, 0.4) is 0 Å². The zero-order valence-corrected chi connectivity index (χ0v) is 16.2. The number of halogens is 2. The zero-order chi connectivity index (χ0) is 17.4. The van der Waals surface area contributed by atoms with Gasteiger partial charge in [0.25, 0.3) is 5.91 Å². The Kier molecular flexibility index (Phi) is 4.58. The molecule has 0 spiro atoms. The third kappa shape index (κ3) is 3.76. The first kappa shape index (κ1) is 16.7. The molecular formula is C18H13BrClN3OS. The van der Waals surface area contributed by atoms with Crippen LogP contribution in [0.25, 0.3) is 10.9 Å². The molecule has 1 aromatic carbocycles. The number of carbonyl (C=O) groups is 1. The number of nitrogens with zero attached hydrogens (tertiary/aromatic N) is 2. The summed E-state index contributed by atoms with van der Waals surface area (Å²) >= 11 is 10.8. The Morgan fingerprint density at radius 3 is 2.88 bits per heavy atom. The SMILES string of the molecule is O=C(N/N=C\c1ccc(Cl)s1)c1cc(C2CC2)nc2ccc(Br)cc12. The average Bonchev–Trinajstić information content (AvgIpc) is 3.36. The van der Waals surface area contributed by atoms with Crippen LogP contribution in [0.4, 0.5) is 0 Å². The number of carbonyl (C=O) groups excluding carboxylic acids is 1. The summed E-state index contributed by atoms with van der Waals surface area (Å²) in [5.74, 6) is 0.225. The van der Waals surface area contributed by atoms with Gasteiger partial charge in [0, 0.05) is 26.3 Å². The van der Waals surface area contributed by atoms with Gasteiger partial charge in [0.2, 0.25) is 0 Å². The Hall–Kier alpha value is -1.76. The molecule has 4 nitrogen and oxygen atoms in total. The van der Waals surface area contributed by atoms with Crippen LogP contribution in [0, 0.1) is 0 Å². The van der Waals surface area contributed by atoms with Crippen LogP contribution in [-0.4, -0.2) is 17.1 Å². The molecule has 1 aliphatic rings. The van der Waals surface area contributed by atoms with Gasteiger partial charge >= 0.3 is 0 Å². The van der Waals surface area contributed by atoms with Crippen LogP contribution < -0.4 is 5.43 Å². The van der Waals surface area contributed by atoms with Crippen molar-refractivity contribution in [2.75, 3.05) is 0 Å². The molecule has 0 atom stereocenters. The normalized spacial score (nSPS) is 14.3. The van der Waals surface area contributed by atoms with E-state index >= 15 is 0 Å². The first-order chi connectivity index (χ1) is 12.1. The van der Waals surface area contributed by atoms with Gasteiger partial charge in [-0.05, 0) is 49.2 Å². The standard InChI is InChI=1S/C18H13BrClN3OS/c19-11-3-5-15-13(7-11)14(8-16(22-15)10-1-2-10)18(24)23-21-9-12-4-6-17(20)25-12/h3-10H,1-2H2,(H,23,24)/b21-9-. The molecule has 0 aliphatic heterocycles. The molecular weight excluding hydrogens is 422 g/mol. The summed E-state index contributed by atoms with van der Waals surface area (Å²) in [7, 11) is 0. The summed E-state index contributed by atoms with van der Waals surface area (Å²) in [6.07, 6.45) is 3.86. The summed E-state index contributed by atoms with van der Waals surface area (Å²) in [5, 5.41) is 4.86. The lowest BCUT2D eigenvalue weighted by atomic mass is 10.1. The number of thiophene rings is 1. The highest BCUT2D eigenvalue weighted by Crippen LogP contribution is 2.40. The molecule has 3 aromatic rings. The van der Waals surface area contributed by atoms with Crippen molar-refractivity contribution in [1.82, 2.24) is 10.4 Å². The minimum absolute atomic E-state index is 0.244. The second-order valence-corrected chi connectivity index (χ2v) is 8.53. The number of amides is 1. The number of benzene rings is 1.